The third-order valence-electron chi connectivity index (χ3n) is 3.53. The van der Waals surface area contributed by atoms with Crippen LogP contribution in [0.15, 0.2) is 48.5 Å². The zero-order valence-electron chi connectivity index (χ0n) is 12.5. The zero-order valence-corrected chi connectivity index (χ0v) is 12.5. The Morgan fingerprint density at radius 2 is 1.86 bits per heavy atom. The molecule has 3 nitrogen and oxygen atoms in total. The molecule has 2 aromatic rings. The fourth-order valence-corrected chi connectivity index (χ4v) is 2.24. The quantitative estimate of drug-likeness (QED) is 0.885. The molecule has 0 aliphatic carbocycles. The van der Waals surface area contributed by atoms with Gasteiger partial charge in [-0.2, -0.15) is 0 Å². The van der Waals surface area contributed by atoms with E-state index in [9.17, 15) is 9.90 Å². The van der Waals surface area contributed by atoms with Gasteiger partial charge in [-0.1, -0.05) is 48.0 Å². The van der Waals surface area contributed by atoms with Crippen LogP contribution in [0.1, 0.15) is 39.6 Å². The number of carbonyl (C=O) groups is 1. The number of aliphatic hydroxyl groups is 1. The number of aliphatic hydroxyl groups excluding tert-OH is 1. The Labute approximate surface area is 125 Å². The number of benzene rings is 2. The van der Waals surface area contributed by atoms with E-state index < -0.39 is 6.10 Å². The molecule has 2 rings (SSSR count). The Hall–Kier alpha value is -2.13. The van der Waals surface area contributed by atoms with Crippen molar-refractivity contribution in [2.75, 3.05) is 6.54 Å². The summed E-state index contributed by atoms with van der Waals surface area (Å²) in [5.74, 6) is -0.0866. The lowest BCUT2D eigenvalue weighted by molar-refractivity contribution is 0.0942. The highest BCUT2D eigenvalue weighted by atomic mass is 16.3. The molecule has 0 heterocycles. The van der Waals surface area contributed by atoms with Crippen molar-refractivity contribution in [3.05, 3.63) is 70.8 Å². The van der Waals surface area contributed by atoms with Gasteiger partial charge in [-0.05, 0) is 37.5 Å². The lowest BCUT2D eigenvalue weighted by Gasteiger charge is -2.12. The molecule has 3 heteroatoms. The van der Waals surface area contributed by atoms with E-state index >= 15 is 0 Å². The Bertz CT molecular complexity index is 608. The van der Waals surface area contributed by atoms with Crippen LogP contribution in [0.25, 0.3) is 0 Å². The van der Waals surface area contributed by atoms with Crippen LogP contribution < -0.4 is 5.32 Å². The van der Waals surface area contributed by atoms with E-state index in [1.165, 1.54) is 0 Å². The minimum absolute atomic E-state index is 0.0866. The van der Waals surface area contributed by atoms with Crippen molar-refractivity contribution >= 4 is 5.91 Å². The summed E-state index contributed by atoms with van der Waals surface area (Å²) in [6, 6.07) is 15.3. The molecule has 1 atom stereocenters. The monoisotopic (exact) mass is 283 g/mol. The van der Waals surface area contributed by atoms with Crippen LogP contribution in [0.3, 0.4) is 0 Å². The van der Waals surface area contributed by atoms with Gasteiger partial charge in [0.25, 0.3) is 5.91 Å². The molecule has 2 aromatic carbocycles. The largest absolute Gasteiger partial charge is 0.388 e. The number of hydrogen-bond acceptors (Lipinski definition) is 2. The minimum Gasteiger partial charge on any atom is -0.388 e. The first-order chi connectivity index (χ1) is 10.1. The molecule has 1 amide bonds. The molecule has 110 valence electrons. The Kier molecular flexibility index (Phi) is 5.12. The summed E-state index contributed by atoms with van der Waals surface area (Å²) in [6.45, 7) is 4.34. The van der Waals surface area contributed by atoms with Crippen molar-refractivity contribution in [2.45, 2.75) is 26.4 Å². The summed E-state index contributed by atoms with van der Waals surface area (Å²) < 4.78 is 0. The first-order valence-corrected chi connectivity index (χ1v) is 7.16. The van der Waals surface area contributed by atoms with Crippen molar-refractivity contribution in [3.63, 3.8) is 0 Å². The van der Waals surface area contributed by atoms with E-state index in [1.54, 1.807) is 0 Å². The minimum atomic E-state index is -0.551. The van der Waals surface area contributed by atoms with Crippen LogP contribution in [0, 0.1) is 13.8 Å². The first kappa shape index (κ1) is 15.3. The Balaban J connectivity index is 1.88. The molecule has 0 radical (unpaired) electrons. The fourth-order valence-electron chi connectivity index (χ4n) is 2.24. The smallest absolute Gasteiger partial charge is 0.251 e. The van der Waals surface area contributed by atoms with Gasteiger partial charge in [0.05, 0.1) is 6.10 Å². The highest BCUT2D eigenvalue weighted by molar-refractivity contribution is 5.95. The van der Waals surface area contributed by atoms with Crippen molar-refractivity contribution in [2.24, 2.45) is 0 Å². The maximum Gasteiger partial charge on any atom is 0.251 e. The molecular formula is C18H21NO2. The highest BCUT2D eigenvalue weighted by Gasteiger charge is 2.11. The Morgan fingerprint density at radius 3 is 2.57 bits per heavy atom. The van der Waals surface area contributed by atoms with Crippen LogP contribution in [0.5, 0.6) is 0 Å². The maximum absolute atomic E-state index is 12.1. The number of carbonyl (C=O) groups excluding carboxylic acids is 1. The molecule has 0 bridgehead atoms. The molecule has 0 aliphatic rings. The van der Waals surface area contributed by atoms with E-state index in [0.717, 1.165) is 16.7 Å². The van der Waals surface area contributed by atoms with Crippen LogP contribution in [-0.4, -0.2) is 17.6 Å². The second kappa shape index (κ2) is 7.04. The number of nitrogens with one attached hydrogen (secondary N) is 1. The van der Waals surface area contributed by atoms with Gasteiger partial charge in [0.1, 0.15) is 0 Å². The number of amides is 1. The summed E-state index contributed by atoms with van der Waals surface area (Å²) in [4.78, 5) is 12.1. The van der Waals surface area contributed by atoms with Crippen LogP contribution in [-0.2, 0) is 0 Å². The van der Waals surface area contributed by atoms with Gasteiger partial charge in [0.15, 0.2) is 0 Å². The molecule has 0 fully saturated rings. The summed E-state index contributed by atoms with van der Waals surface area (Å²) >= 11 is 0. The topological polar surface area (TPSA) is 49.3 Å². The average Bonchev–Trinajstić information content (AvgIpc) is 2.50. The van der Waals surface area contributed by atoms with Crippen molar-refractivity contribution in [3.8, 4) is 0 Å². The van der Waals surface area contributed by atoms with Gasteiger partial charge in [0.2, 0.25) is 0 Å². The predicted molar refractivity (Wildman–Crippen MR) is 84.3 cm³/mol. The number of aryl methyl sites for hydroxylation is 2. The summed E-state index contributed by atoms with van der Waals surface area (Å²) in [5.41, 5.74) is 3.60. The second-order valence-corrected chi connectivity index (χ2v) is 5.29. The van der Waals surface area contributed by atoms with E-state index in [1.807, 2.05) is 62.4 Å². The molecule has 0 saturated carbocycles. The zero-order chi connectivity index (χ0) is 15.2. The SMILES string of the molecule is Cc1ccc(C)c(C(=O)NCC[C@H](O)c2ccccc2)c1. The van der Waals surface area contributed by atoms with E-state index in [-0.39, 0.29) is 5.91 Å². The molecule has 0 spiro atoms. The maximum atomic E-state index is 12.1. The van der Waals surface area contributed by atoms with E-state index in [4.69, 9.17) is 0 Å². The third kappa shape index (κ3) is 4.17. The van der Waals surface area contributed by atoms with Gasteiger partial charge in [-0.15, -0.1) is 0 Å². The normalized spacial score (nSPS) is 12.0. The summed E-state index contributed by atoms with van der Waals surface area (Å²) in [6.07, 6.45) is -0.0502. The first-order valence-electron chi connectivity index (χ1n) is 7.16. The molecular weight excluding hydrogens is 262 g/mol. The van der Waals surface area contributed by atoms with Crippen LogP contribution in [0.4, 0.5) is 0 Å². The molecule has 21 heavy (non-hydrogen) atoms. The molecule has 0 aliphatic heterocycles. The van der Waals surface area contributed by atoms with Crippen LogP contribution >= 0.6 is 0 Å². The van der Waals surface area contributed by atoms with Gasteiger partial charge in [0, 0.05) is 12.1 Å². The number of rotatable bonds is 5. The second-order valence-electron chi connectivity index (χ2n) is 5.29. The van der Waals surface area contributed by atoms with Crippen molar-refractivity contribution in [1.82, 2.24) is 5.32 Å². The summed E-state index contributed by atoms with van der Waals surface area (Å²) in [7, 11) is 0. The fraction of sp³-hybridized carbons (Fsp3) is 0.278. The van der Waals surface area contributed by atoms with Crippen molar-refractivity contribution < 1.29 is 9.90 Å². The Morgan fingerprint density at radius 1 is 1.14 bits per heavy atom. The highest BCUT2D eigenvalue weighted by Crippen LogP contribution is 2.15. The molecule has 0 aromatic heterocycles. The lowest BCUT2D eigenvalue weighted by atomic mass is 10.0. The van der Waals surface area contributed by atoms with Gasteiger partial charge in [-0.3, -0.25) is 4.79 Å². The standard InChI is InChI=1S/C18H21NO2/c1-13-8-9-14(2)16(12-13)18(21)19-11-10-17(20)15-6-4-3-5-7-15/h3-9,12,17,20H,10-11H2,1-2H3,(H,19,21)/t17-/m0/s1. The molecule has 0 unspecified atom stereocenters. The van der Waals surface area contributed by atoms with Gasteiger partial charge in [-0.25, -0.2) is 0 Å². The molecule has 2 N–H and O–H groups in total. The lowest BCUT2D eigenvalue weighted by Crippen LogP contribution is -2.26. The van der Waals surface area contributed by atoms with E-state index in [2.05, 4.69) is 5.32 Å². The van der Waals surface area contributed by atoms with Crippen LogP contribution in [0.2, 0.25) is 0 Å². The van der Waals surface area contributed by atoms with Gasteiger partial charge < -0.3 is 10.4 Å². The van der Waals surface area contributed by atoms with Crippen molar-refractivity contribution in [1.29, 1.82) is 0 Å². The predicted octanol–water partition coefficient (Wildman–Crippen LogP) is 3.16. The summed E-state index contributed by atoms with van der Waals surface area (Å²) in [5, 5.41) is 12.9. The molecule has 0 saturated heterocycles. The third-order valence-corrected chi connectivity index (χ3v) is 3.53. The average molecular weight is 283 g/mol. The van der Waals surface area contributed by atoms with E-state index in [0.29, 0.717) is 18.5 Å². The number of hydrogen-bond donors (Lipinski definition) is 2. The van der Waals surface area contributed by atoms with Gasteiger partial charge >= 0.3 is 0 Å².